The fourth-order valence-electron chi connectivity index (χ4n) is 1.64. The zero-order valence-electron chi connectivity index (χ0n) is 9.94. The zero-order chi connectivity index (χ0) is 12.3. The summed E-state index contributed by atoms with van der Waals surface area (Å²) in [4.78, 5) is 13.7. The number of para-hydroxylation sites is 1. The van der Waals surface area contributed by atoms with Gasteiger partial charge in [-0.05, 0) is 26.0 Å². The van der Waals surface area contributed by atoms with Crippen LogP contribution in [0.1, 0.15) is 13.8 Å². The smallest absolute Gasteiger partial charge is 0.247 e. The van der Waals surface area contributed by atoms with Crippen LogP contribution in [0, 0.1) is 0 Å². The van der Waals surface area contributed by atoms with Crippen LogP contribution in [-0.2, 0) is 0 Å². The molecular formula is C14H15NO2. The Balaban J connectivity index is 2.44. The topological polar surface area (TPSA) is 42.1 Å². The molecule has 1 aromatic carbocycles. The lowest BCUT2D eigenvalue weighted by molar-refractivity contribution is 0.243. The van der Waals surface area contributed by atoms with Crippen LogP contribution < -0.4 is 10.3 Å². The lowest BCUT2D eigenvalue weighted by atomic mass is 10.1. The van der Waals surface area contributed by atoms with Crippen LogP contribution in [0.25, 0.3) is 11.1 Å². The van der Waals surface area contributed by atoms with Crippen LogP contribution in [0.3, 0.4) is 0 Å². The quantitative estimate of drug-likeness (QED) is 0.879. The zero-order valence-corrected chi connectivity index (χ0v) is 9.94. The Bertz CT molecular complexity index is 538. The van der Waals surface area contributed by atoms with E-state index in [4.69, 9.17) is 4.74 Å². The van der Waals surface area contributed by atoms with Crippen molar-refractivity contribution < 1.29 is 4.74 Å². The highest BCUT2D eigenvalue weighted by molar-refractivity contribution is 5.69. The molecule has 3 nitrogen and oxygen atoms in total. The summed E-state index contributed by atoms with van der Waals surface area (Å²) in [5.74, 6) is 0.828. The van der Waals surface area contributed by atoms with Gasteiger partial charge in [-0.25, -0.2) is 0 Å². The summed E-state index contributed by atoms with van der Waals surface area (Å²) in [5.41, 5.74) is 1.83. The van der Waals surface area contributed by atoms with E-state index >= 15 is 0 Å². The van der Waals surface area contributed by atoms with E-state index in [1.807, 2.05) is 38.1 Å². The van der Waals surface area contributed by atoms with Crippen LogP contribution in [0.15, 0.2) is 47.4 Å². The third-order valence-corrected chi connectivity index (χ3v) is 2.34. The predicted octanol–water partition coefficient (Wildman–Crippen LogP) is 2.83. The molecule has 0 amide bonds. The first-order chi connectivity index (χ1) is 8.16. The molecule has 0 bridgehead atoms. The van der Waals surface area contributed by atoms with Crippen LogP contribution >= 0.6 is 0 Å². The lowest BCUT2D eigenvalue weighted by Crippen LogP contribution is -2.07. The van der Waals surface area contributed by atoms with Gasteiger partial charge in [0.2, 0.25) is 5.56 Å². The minimum atomic E-state index is -0.101. The van der Waals surface area contributed by atoms with E-state index in [0.717, 1.165) is 16.9 Å². The van der Waals surface area contributed by atoms with Gasteiger partial charge in [0.1, 0.15) is 5.75 Å². The summed E-state index contributed by atoms with van der Waals surface area (Å²) in [6.45, 7) is 3.98. The molecule has 1 N–H and O–H groups in total. The van der Waals surface area contributed by atoms with Crippen molar-refractivity contribution >= 4 is 0 Å². The third-order valence-electron chi connectivity index (χ3n) is 2.34. The maximum Gasteiger partial charge on any atom is 0.247 e. The highest BCUT2D eigenvalue weighted by Gasteiger charge is 2.06. The molecule has 0 saturated heterocycles. The molecule has 2 aromatic rings. The fraction of sp³-hybridized carbons (Fsp3) is 0.214. The van der Waals surface area contributed by atoms with Crippen molar-refractivity contribution in [2.24, 2.45) is 0 Å². The van der Waals surface area contributed by atoms with Crippen molar-refractivity contribution in [3.05, 3.63) is 52.9 Å². The second-order valence-corrected chi connectivity index (χ2v) is 4.10. The highest BCUT2D eigenvalue weighted by Crippen LogP contribution is 2.29. The summed E-state index contributed by atoms with van der Waals surface area (Å²) in [6.07, 6.45) is 1.82. The van der Waals surface area contributed by atoms with E-state index in [2.05, 4.69) is 4.98 Å². The monoisotopic (exact) mass is 229 g/mol. The van der Waals surface area contributed by atoms with Gasteiger partial charge in [0.25, 0.3) is 0 Å². The molecule has 17 heavy (non-hydrogen) atoms. The largest absolute Gasteiger partial charge is 0.490 e. The van der Waals surface area contributed by atoms with E-state index in [9.17, 15) is 4.79 Å². The van der Waals surface area contributed by atoms with Crippen molar-refractivity contribution in [3.8, 4) is 16.9 Å². The summed E-state index contributed by atoms with van der Waals surface area (Å²) in [7, 11) is 0. The average Bonchev–Trinajstić information content (AvgIpc) is 2.30. The van der Waals surface area contributed by atoms with Gasteiger partial charge >= 0.3 is 0 Å². The van der Waals surface area contributed by atoms with Crippen LogP contribution in [-0.4, -0.2) is 11.1 Å². The number of H-pyrrole nitrogens is 1. The Labute approximate surface area is 100 Å². The molecule has 0 radical (unpaired) electrons. The van der Waals surface area contributed by atoms with Gasteiger partial charge in [0, 0.05) is 23.4 Å². The normalized spacial score (nSPS) is 10.5. The maximum absolute atomic E-state index is 11.0. The standard InChI is InChI=1S/C14H15NO2/c1-10(2)17-13-6-4-3-5-12(13)11-7-8-14(16)15-9-11/h3-10H,1-2H3,(H,15,16). The van der Waals surface area contributed by atoms with Gasteiger partial charge < -0.3 is 9.72 Å². The summed E-state index contributed by atoms with van der Waals surface area (Å²) in [6, 6.07) is 11.1. The number of ether oxygens (including phenoxy) is 1. The second kappa shape index (κ2) is 4.87. The Morgan fingerprint density at radius 1 is 1.12 bits per heavy atom. The first-order valence-electron chi connectivity index (χ1n) is 5.61. The van der Waals surface area contributed by atoms with Gasteiger partial charge in [-0.15, -0.1) is 0 Å². The number of hydrogen-bond donors (Lipinski definition) is 1. The molecule has 3 heteroatoms. The molecule has 1 aromatic heterocycles. The Hall–Kier alpha value is -2.03. The number of pyridine rings is 1. The number of aromatic amines is 1. The average molecular weight is 229 g/mol. The van der Waals surface area contributed by atoms with Crippen LogP contribution in [0.2, 0.25) is 0 Å². The van der Waals surface area contributed by atoms with Crippen LogP contribution in [0.4, 0.5) is 0 Å². The third kappa shape index (κ3) is 2.75. The second-order valence-electron chi connectivity index (χ2n) is 4.10. The predicted molar refractivity (Wildman–Crippen MR) is 68.3 cm³/mol. The van der Waals surface area contributed by atoms with E-state index < -0.39 is 0 Å². The van der Waals surface area contributed by atoms with Gasteiger partial charge in [0.05, 0.1) is 6.10 Å². The first kappa shape index (κ1) is 11.5. The molecule has 88 valence electrons. The molecule has 0 unspecified atom stereocenters. The summed E-state index contributed by atoms with van der Waals surface area (Å²) in [5, 5.41) is 0. The molecule has 0 atom stereocenters. The first-order valence-corrected chi connectivity index (χ1v) is 5.61. The summed E-state index contributed by atoms with van der Waals surface area (Å²) >= 11 is 0. The SMILES string of the molecule is CC(C)Oc1ccccc1-c1ccc(=O)[nH]c1. The van der Waals surface area contributed by atoms with Crippen molar-refractivity contribution in [1.29, 1.82) is 0 Å². The van der Waals surface area contributed by atoms with Gasteiger partial charge in [-0.2, -0.15) is 0 Å². The number of benzene rings is 1. The number of hydrogen-bond acceptors (Lipinski definition) is 2. The molecule has 0 spiro atoms. The van der Waals surface area contributed by atoms with Crippen molar-refractivity contribution in [2.45, 2.75) is 20.0 Å². The van der Waals surface area contributed by atoms with Gasteiger partial charge in [0.15, 0.2) is 0 Å². The molecule has 0 aliphatic rings. The van der Waals surface area contributed by atoms with Crippen molar-refractivity contribution in [3.63, 3.8) is 0 Å². The van der Waals surface area contributed by atoms with E-state index in [1.165, 1.54) is 6.07 Å². The number of rotatable bonds is 3. The van der Waals surface area contributed by atoms with Crippen molar-refractivity contribution in [2.75, 3.05) is 0 Å². The number of nitrogens with one attached hydrogen (secondary N) is 1. The minimum absolute atomic E-state index is 0.101. The molecule has 0 aliphatic carbocycles. The highest BCUT2D eigenvalue weighted by atomic mass is 16.5. The Kier molecular flexibility index (Phi) is 3.28. The molecule has 0 saturated carbocycles. The van der Waals surface area contributed by atoms with E-state index in [0.29, 0.717) is 0 Å². The van der Waals surface area contributed by atoms with Gasteiger partial charge in [-0.1, -0.05) is 18.2 Å². The molecule has 0 fully saturated rings. The minimum Gasteiger partial charge on any atom is -0.490 e. The van der Waals surface area contributed by atoms with Crippen LogP contribution in [0.5, 0.6) is 5.75 Å². The number of aromatic nitrogens is 1. The molecule has 0 aliphatic heterocycles. The fourth-order valence-corrected chi connectivity index (χ4v) is 1.64. The lowest BCUT2D eigenvalue weighted by Gasteiger charge is -2.13. The molecular weight excluding hydrogens is 214 g/mol. The molecule has 2 rings (SSSR count). The van der Waals surface area contributed by atoms with E-state index in [-0.39, 0.29) is 11.7 Å². The Morgan fingerprint density at radius 3 is 2.53 bits per heavy atom. The van der Waals surface area contributed by atoms with Gasteiger partial charge in [-0.3, -0.25) is 4.79 Å². The Morgan fingerprint density at radius 2 is 1.88 bits per heavy atom. The maximum atomic E-state index is 11.0. The summed E-state index contributed by atoms with van der Waals surface area (Å²) < 4.78 is 5.74. The van der Waals surface area contributed by atoms with Crippen molar-refractivity contribution in [1.82, 2.24) is 4.98 Å². The molecule has 1 heterocycles. The van der Waals surface area contributed by atoms with E-state index in [1.54, 1.807) is 12.3 Å².